The van der Waals surface area contributed by atoms with Crippen LogP contribution < -0.4 is 15.7 Å². The molecule has 0 saturated heterocycles. The van der Waals surface area contributed by atoms with Gasteiger partial charge in [0, 0.05) is 5.56 Å². The van der Waals surface area contributed by atoms with Crippen LogP contribution in [0.1, 0.15) is 23.1 Å². The molecule has 2 aromatic heterocycles. The third-order valence-electron chi connectivity index (χ3n) is 5.18. The number of hydrogen-bond donors (Lipinski definition) is 2. The third-order valence-corrected chi connectivity index (χ3v) is 5.18. The van der Waals surface area contributed by atoms with Crippen LogP contribution in [0, 0.1) is 6.92 Å². The minimum Gasteiger partial charge on any atom is -0.483 e. The number of aromatic nitrogens is 2. The molecule has 0 fully saturated rings. The summed E-state index contributed by atoms with van der Waals surface area (Å²) in [7, 11) is 0. The zero-order valence-corrected chi connectivity index (χ0v) is 15.9. The normalized spacial score (nSPS) is 13.0. The Hall–Kier alpha value is -3.61. The van der Waals surface area contributed by atoms with Crippen LogP contribution in [0.25, 0.3) is 22.0 Å². The molecule has 1 aliphatic rings. The maximum Gasteiger partial charge on any atom is 0.339 e. The number of benzene rings is 2. The molecule has 0 unspecified atom stereocenters. The van der Waals surface area contributed by atoms with Crippen LogP contribution in [0.3, 0.4) is 0 Å². The Kier molecular flexibility index (Phi) is 4.08. The van der Waals surface area contributed by atoms with Gasteiger partial charge in [0.25, 0.3) is 5.91 Å². The molecule has 7 heteroatoms. The lowest BCUT2D eigenvalue weighted by Gasteiger charge is -2.12. The van der Waals surface area contributed by atoms with Gasteiger partial charge in [-0.1, -0.05) is 12.1 Å². The van der Waals surface area contributed by atoms with Crippen LogP contribution in [0.2, 0.25) is 0 Å². The number of para-hydroxylation sites is 2. The number of fused-ring (bicyclic) bond motifs is 4. The number of carbonyl (C=O) groups excluding carboxylic acids is 1. The Labute approximate surface area is 165 Å². The molecule has 146 valence electrons. The monoisotopic (exact) mass is 389 g/mol. The van der Waals surface area contributed by atoms with E-state index in [2.05, 4.69) is 15.3 Å². The molecule has 0 spiro atoms. The van der Waals surface area contributed by atoms with Gasteiger partial charge in [-0.3, -0.25) is 10.1 Å². The summed E-state index contributed by atoms with van der Waals surface area (Å²) in [5, 5.41) is 3.51. The fraction of sp³-hybridized carbons (Fsp3) is 0.227. The number of aromatic amines is 1. The van der Waals surface area contributed by atoms with E-state index in [1.807, 2.05) is 43.3 Å². The average Bonchev–Trinajstić information content (AvgIpc) is 3.32. The van der Waals surface area contributed by atoms with Crippen molar-refractivity contribution in [3.8, 4) is 5.75 Å². The number of aryl methyl sites for hydroxylation is 2. The van der Waals surface area contributed by atoms with Gasteiger partial charge in [-0.25, -0.2) is 9.78 Å². The van der Waals surface area contributed by atoms with E-state index in [9.17, 15) is 9.59 Å². The Bertz CT molecular complexity index is 1290. The van der Waals surface area contributed by atoms with E-state index in [-0.39, 0.29) is 18.1 Å². The van der Waals surface area contributed by atoms with Crippen LogP contribution in [0.4, 0.5) is 5.95 Å². The predicted molar refractivity (Wildman–Crippen MR) is 109 cm³/mol. The van der Waals surface area contributed by atoms with E-state index in [1.54, 1.807) is 0 Å². The number of amides is 1. The number of imidazole rings is 1. The van der Waals surface area contributed by atoms with E-state index in [0.29, 0.717) is 23.7 Å². The fourth-order valence-electron chi connectivity index (χ4n) is 3.94. The van der Waals surface area contributed by atoms with Crippen molar-refractivity contribution in [1.82, 2.24) is 9.97 Å². The van der Waals surface area contributed by atoms with Gasteiger partial charge in [0.05, 0.1) is 16.4 Å². The molecule has 2 heterocycles. The molecule has 1 amide bonds. The number of hydrogen-bond acceptors (Lipinski definition) is 5. The number of carbonyl (C=O) groups is 1. The first-order chi connectivity index (χ1) is 14.1. The molecular formula is C22H19N3O4. The molecular weight excluding hydrogens is 370 g/mol. The maximum atomic E-state index is 12.4. The summed E-state index contributed by atoms with van der Waals surface area (Å²) >= 11 is 0. The third kappa shape index (κ3) is 3.14. The van der Waals surface area contributed by atoms with Crippen molar-refractivity contribution in [2.75, 3.05) is 11.9 Å². The molecule has 2 aromatic carbocycles. The molecule has 5 rings (SSSR count). The van der Waals surface area contributed by atoms with Crippen LogP contribution >= 0.6 is 0 Å². The number of rotatable bonds is 4. The highest BCUT2D eigenvalue weighted by Crippen LogP contribution is 2.35. The van der Waals surface area contributed by atoms with Gasteiger partial charge >= 0.3 is 5.63 Å². The summed E-state index contributed by atoms with van der Waals surface area (Å²) in [6.45, 7) is 1.72. The van der Waals surface area contributed by atoms with Crippen LogP contribution in [-0.4, -0.2) is 22.5 Å². The molecule has 0 atom stereocenters. The topological polar surface area (TPSA) is 97.2 Å². The highest BCUT2D eigenvalue weighted by molar-refractivity contribution is 5.93. The molecule has 29 heavy (non-hydrogen) atoms. The van der Waals surface area contributed by atoms with E-state index < -0.39 is 0 Å². The summed E-state index contributed by atoms with van der Waals surface area (Å²) in [6, 6.07) is 11.2. The van der Waals surface area contributed by atoms with Crippen molar-refractivity contribution in [3.63, 3.8) is 0 Å². The van der Waals surface area contributed by atoms with E-state index in [1.165, 1.54) is 0 Å². The summed E-state index contributed by atoms with van der Waals surface area (Å²) < 4.78 is 11.4. The van der Waals surface area contributed by atoms with Gasteiger partial charge in [-0.2, -0.15) is 0 Å². The molecule has 0 saturated carbocycles. The molecule has 0 radical (unpaired) electrons. The van der Waals surface area contributed by atoms with Crippen molar-refractivity contribution in [2.45, 2.75) is 26.2 Å². The Morgan fingerprint density at radius 3 is 2.93 bits per heavy atom. The van der Waals surface area contributed by atoms with Crippen LogP contribution in [0.5, 0.6) is 5.75 Å². The molecule has 4 aromatic rings. The largest absolute Gasteiger partial charge is 0.483 e. The van der Waals surface area contributed by atoms with Gasteiger partial charge in [0.1, 0.15) is 11.3 Å². The highest BCUT2D eigenvalue weighted by Gasteiger charge is 2.22. The number of H-pyrrole nitrogens is 1. The number of anilines is 1. The van der Waals surface area contributed by atoms with Gasteiger partial charge < -0.3 is 14.1 Å². The minimum atomic E-state index is -0.326. The molecule has 2 N–H and O–H groups in total. The average molecular weight is 389 g/mol. The molecule has 1 aliphatic carbocycles. The quantitative estimate of drug-likeness (QED) is 0.521. The number of ether oxygens (including phenoxy) is 1. The summed E-state index contributed by atoms with van der Waals surface area (Å²) in [5.41, 5.74) is 4.44. The lowest BCUT2D eigenvalue weighted by atomic mass is 10.0. The lowest BCUT2D eigenvalue weighted by Crippen LogP contribution is -2.21. The smallest absolute Gasteiger partial charge is 0.339 e. The second-order valence-corrected chi connectivity index (χ2v) is 7.28. The Balaban J connectivity index is 1.41. The maximum absolute atomic E-state index is 12.4. The zero-order chi connectivity index (χ0) is 20.0. The lowest BCUT2D eigenvalue weighted by molar-refractivity contribution is -0.118. The second-order valence-electron chi connectivity index (χ2n) is 7.28. The van der Waals surface area contributed by atoms with Gasteiger partial charge in [-0.05, 0) is 61.6 Å². The van der Waals surface area contributed by atoms with E-state index in [0.717, 1.165) is 46.0 Å². The van der Waals surface area contributed by atoms with E-state index >= 15 is 0 Å². The SMILES string of the molecule is Cc1cc(OCC(=O)Nc2nc3ccccc3[nH]2)c2c3c(c(=O)oc2c1)CCC3. The summed E-state index contributed by atoms with van der Waals surface area (Å²) in [4.78, 5) is 32.0. The van der Waals surface area contributed by atoms with Crippen molar-refractivity contribution in [2.24, 2.45) is 0 Å². The van der Waals surface area contributed by atoms with E-state index in [4.69, 9.17) is 9.15 Å². The zero-order valence-electron chi connectivity index (χ0n) is 15.9. The van der Waals surface area contributed by atoms with Gasteiger partial charge in [0.15, 0.2) is 6.61 Å². The highest BCUT2D eigenvalue weighted by atomic mass is 16.5. The first kappa shape index (κ1) is 17.5. The Morgan fingerprint density at radius 1 is 1.24 bits per heavy atom. The predicted octanol–water partition coefficient (Wildman–Crippen LogP) is 3.48. The fourth-order valence-corrected chi connectivity index (χ4v) is 3.94. The standard InChI is InChI=1S/C22H19N3O4/c1-12-9-17(20-13-5-4-6-14(13)21(27)29-18(20)10-12)28-11-19(26)25-22-23-15-7-2-3-8-16(15)24-22/h2-3,7-10H,4-6,11H2,1H3,(H2,23,24,25,26). The van der Waals surface area contributed by atoms with Crippen molar-refractivity contribution >= 4 is 33.9 Å². The minimum absolute atomic E-state index is 0.177. The number of nitrogens with one attached hydrogen (secondary N) is 2. The van der Waals surface area contributed by atoms with Crippen LogP contribution in [-0.2, 0) is 17.6 Å². The van der Waals surface area contributed by atoms with Crippen molar-refractivity contribution < 1.29 is 13.9 Å². The van der Waals surface area contributed by atoms with Gasteiger partial charge in [-0.15, -0.1) is 0 Å². The molecule has 7 nitrogen and oxygen atoms in total. The molecule has 0 bridgehead atoms. The molecule has 0 aliphatic heterocycles. The first-order valence-electron chi connectivity index (χ1n) is 9.55. The first-order valence-corrected chi connectivity index (χ1v) is 9.55. The van der Waals surface area contributed by atoms with Crippen LogP contribution in [0.15, 0.2) is 45.6 Å². The van der Waals surface area contributed by atoms with Gasteiger partial charge in [0.2, 0.25) is 5.95 Å². The number of nitrogens with zero attached hydrogens (tertiary/aromatic N) is 1. The van der Waals surface area contributed by atoms with Crippen molar-refractivity contribution in [1.29, 1.82) is 0 Å². The Morgan fingerprint density at radius 2 is 2.07 bits per heavy atom. The second kappa shape index (κ2) is 6.77. The summed E-state index contributed by atoms with van der Waals surface area (Å²) in [5.74, 6) is 0.607. The van der Waals surface area contributed by atoms with Crippen molar-refractivity contribution in [3.05, 3.63) is 63.5 Å². The summed E-state index contributed by atoms with van der Waals surface area (Å²) in [6.07, 6.45) is 2.44.